The van der Waals surface area contributed by atoms with Crippen molar-refractivity contribution >= 4 is 68.5 Å². The molecule has 0 radical (unpaired) electrons. The number of amides is 3. The van der Waals surface area contributed by atoms with E-state index in [1.165, 1.54) is 36.4 Å². The summed E-state index contributed by atoms with van der Waals surface area (Å²) in [5.74, 6) is -4.66. The summed E-state index contributed by atoms with van der Waals surface area (Å²) in [5, 5.41) is 52.5. The van der Waals surface area contributed by atoms with Crippen molar-refractivity contribution < 1.29 is 89.9 Å². The molecule has 5 rings (SSSR count). The van der Waals surface area contributed by atoms with Crippen LogP contribution < -0.4 is 36.9 Å². The summed E-state index contributed by atoms with van der Waals surface area (Å²) in [7, 11) is -5.39. The molecule has 0 fully saturated rings. The first-order chi connectivity index (χ1) is 34.5. The highest BCUT2D eigenvalue weighted by Crippen LogP contribution is 2.47. The van der Waals surface area contributed by atoms with Crippen molar-refractivity contribution in [3.8, 4) is 28.2 Å². The van der Waals surface area contributed by atoms with Crippen molar-refractivity contribution in [1.29, 1.82) is 5.41 Å². The first-order valence-electron chi connectivity index (χ1n) is 21.0. The Morgan fingerprint density at radius 1 is 0.875 bits per heavy atom. The van der Waals surface area contributed by atoms with Gasteiger partial charge in [0.25, 0.3) is 11.8 Å². The number of nitrogen functional groups attached to an aromatic ring is 1. The first kappa shape index (κ1) is 55.5. The summed E-state index contributed by atoms with van der Waals surface area (Å²) in [4.78, 5) is 62.8. The minimum absolute atomic E-state index is 0.00675. The third kappa shape index (κ3) is 15.8. The number of benzene rings is 4. The van der Waals surface area contributed by atoms with E-state index in [9.17, 15) is 42.0 Å². The molecular formula is C43H44N8O19S2-2. The van der Waals surface area contributed by atoms with E-state index in [4.69, 9.17) is 55.1 Å². The van der Waals surface area contributed by atoms with E-state index in [1.54, 1.807) is 18.2 Å². The highest BCUT2D eigenvalue weighted by molar-refractivity contribution is 7.95. The van der Waals surface area contributed by atoms with E-state index in [1.807, 2.05) is 0 Å². The molecule has 0 spiro atoms. The van der Waals surface area contributed by atoms with Gasteiger partial charge in [-0.2, -0.15) is 0 Å². The van der Waals surface area contributed by atoms with Crippen LogP contribution in [-0.2, 0) is 48.0 Å². The number of carbonyl (C=O) groups excluding carboxylic acids is 4. The summed E-state index contributed by atoms with van der Waals surface area (Å²) in [6, 6.07) is 14.6. The molecule has 0 saturated heterocycles. The van der Waals surface area contributed by atoms with Crippen LogP contribution in [0.15, 0.2) is 86.1 Å². The van der Waals surface area contributed by atoms with E-state index in [2.05, 4.69) is 35.3 Å². The molecule has 1 aliphatic heterocycles. The smallest absolute Gasteiger partial charge is 0.329 e. The molecule has 72 heavy (non-hydrogen) atoms. The van der Waals surface area contributed by atoms with E-state index in [0.29, 0.717) is 12.0 Å². The fraction of sp³-hybridized carbons (Fsp3) is 0.302. The lowest BCUT2D eigenvalue weighted by Gasteiger charge is -2.22. The Hall–Kier alpha value is -7.41. The zero-order chi connectivity index (χ0) is 52.2. The van der Waals surface area contributed by atoms with Gasteiger partial charge in [0.15, 0.2) is 17.6 Å². The fourth-order valence-corrected chi connectivity index (χ4v) is 7.80. The Balaban J connectivity index is 1.06. The number of carboxylic acid groups (broad SMARTS) is 2. The molecule has 1 unspecified atom stereocenters. The van der Waals surface area contributed by atoms with Gasteiger partial charge < -0.3 is 69.3 Å². The summed E-state index contributed by atoms with van der Waals surface area (Å²) in [6.45, 7) is -0.356. The molecule has 1 atom stereocenters. The van der Waals surface area contributed by atoms with Crippen LogP contribution in [-0.4, -0.2) is 132 Å². The van der Waals surface area contributed by atoms with Crippen LogP contribution in [0.5, 0.6) is 5.75 Å². The van der Waals surface area contributed by atoms with Crippen LogP contribution in [0, 0.1) is 5.41 Å². The van der Waals surface area contributed by atoms with Gasteiger partial charge in [0.05, 0.1) is 68.7 Å². The average molecular weight is 1040 g/mol. The fourth-order valence-electron chi connectivity index (χ4n) is 6.59. The third-order valence-corrected chi connectivity index (χ3v) is 11.3. The Labute approximate surface area is 411 Å². The van der Waals surface area contributed by atoms with Gasteiger partial charge in [-0.25, -0.2) is 18.5 Å². The second kappa shape index (κ2) is 27.3. The highest BCUT2D eigenvalue weighted by Gasteiger charge is 2.28. The van der Waals surface area contributed by atoms with Crippen molar-refractivity contribution in [3.05, 3.63) is 99.2 Å². The quantitative estimate of drug-likeness (QED) is 0.00329. The number of anilines is 1. The SMILES string of the molecule is [N-]=[N+]=NC(COc1cccc(C(=O)NCCNC(=O)CCOCCOCCNC(=O)c2ccc(C(=O)[O-])c(-c3c4ccc(=N)c(S(=O)(=O)[O-])c-4oc4c(SOOO)c(N)ccc34)c2)c1)OCCOCC(=O)O. The maximum Gasteiger partial charge on any atom is 0.329 e. The molecule has 1 aliphatic carbocycles. The number of azide groups is 1. The van der Waals surface area contributed by atoms with Crippen LogP contribution in [0.3, 0.4) is 0 Å². The lowest BCUT2D eigenvalue weighted by atomic mass is 9.89. The molecule has 1 heterocycles. The number of carboxylic acids is 2. The van der Waals surface area contributed by atoms with Crippen LogP contribution in [0.4, 0.5) is 5.69 Å². The molecule has 3 aromatic carbocycles. The number of rotatable bonds is 30. The minimum atomic E-state index is -5.39. The molecule has 3 amide bonds. The average Bonchev–Trinajstić information content (AvgIpc) is 3.34. The number of nitrogens with zero attached hydrogens (tertiary/aromatic N) is 3. The lowest BCUT2D eigenvalue weighted by molar-refractivity contribution is -0.432. The number of nitrogens with one attached hydrogen (secondary N) is 4. The molecule has 0 saturated carbocycles. The zero-order valence-electron chi connectivity index (χ0n) is 37.5. The lowest BCUT2D eigenvalue weighted by Crippen LogP contribution is -2.35. The largest absolute Gasteiger partial charge is 0.744 e. The Morgan fingerprint density at radius 3 is 2.29 bits per heavy atom. The summed E-state index contributed by atoms with van der Waals surface area (Å²) in [5.41, 5.74) is 14.0. The minimum Gasteiger partial charge on any atom is -0.744 e. The maximum atomic E-state index is 13.4. The van der Waals surface area contributed by atoms with Crippen molar-refractivity contribution in [2.75, 3.05) is 78.2 Å². The molecule has 384 valence electrons. The molecule has 0 aromatic heterocycles. The number of nitrogens with two attached hydrogens (primary N) is 1. The van der Waals surface area contributed by atoms with Crippen LogP contribution in [0.2, 0.25) is 0 Å². The molecule has 8 N–H and O–H groups in total. The predicted molar refractivity (Wildman–Crippen MR) is 245 cm³/mol. The summed E-state index contributed by atoms with van der Waals surface area (Å²) < 4.78 is 74.4. The Bertz CT molecular complexity index is 2950. The second-order valence-electron chi connectivity index (χ2n) is 14.5. The molecule has 29 heteroatoms. The number of hydrogen-bond acceptors (Lipinski definition) is 22. The standard InChI is InChI=1S/C43H46N8O19S2/c44-31-8-6-28-36(29-7-9-32(45)40(72(60,61)62)38(29)68-37(28)39(31)71-70-69-59)30-21-25(4-5-27(30)43(57)58)42(56)49-13-15-64-17-16-63-14-10-33(52)47-11-12-48-41(55)24-2-1-3-26(20-24)67-22-34(50-51-46)66-19-18-65-23-35(53)54/h1-9,20-21,34,45,59H,10-19,22-23,44H2,(H,47,52)(H,48,55)(H,49,56)(H,53,54)(H,57,58)(H,60,61,62)/p-2. The predicted octanol–water partition coefficient (Wildman–Crippen LogP) is 1.79. The van der Waals surface area contributed by atoms with Crippen molar-refractivity contribution in [2.45, 2.75) is 22.4 Å². The van der Waals surface area contributed by atoms with Crippen molar-refractivity contribution in [3.63, 3.8) is 0 Å². The number of fused-ring (bicyclic) bond motifs is 2. The first-order valence-corrected chi connectivity index (χ1v) is 23.2. The summed E-state index contributed by atoms with van der Waals surface area (Å²) >= 11 is 0.327. The second-order valence-corrected chi connectivity index (χ2v) is 16.6. The van der Waals surface area contributed by atoms with E-state index < -0.39 is 68.3 Å². The van der Waals surface area contributed by atoms with E-state index >= 15 is 0 Å². The van der Waals surface area contributed by atoms with Gasteiger partial charge in [-0.1, -0.05) is 22.3 Å². The number of aromatic carboxylic acids is 1. The monoisotopic (exact) mass is 1040 g/mol. The zero-order valence-corrected chi connectivity index (χ0v) is 39.1. The van der Waals surface area contributed by atoms with Crippen molar-refractivity contribution in [2.24, 2.45) is 5.11 Å². The molecule has 0 bridgehead atoms. The van der Waals surface area contributed by atoms with Gasteiger partial charge in [0.2, 0.25) is 5.91 Å². The molecule has 3 aromatic rings. The van der Waals surface area contributed by atoms with Crippen LogP contribution in [0.25, 0.3) is 43.9 Å². The summed E-state index contributed by atoms with van der Waals surface area (Å²) in [6.07, 6.45) is -1.04. The van der Waals surface area contributed by atoms with Gasteiger partial charge in [-0.05, 0) is 65.7 Å². The van der Waals surface area contributed by atoms with Crippen LogP contribution in [0.1, 0.15) is 37.5 Å². The van der Waals surface area contributed by atoms with Crippen LogP contribution >= 0.6 is 12.0 Å². The molecular weight excluding hydrogens is 997 g/mol. The normalized spacial score (nSPS) is 11.7. The van der Waals surface area contributed by atoms with E-state index in [-0.39, 0.29) is 133 Å². The van der Waals surface area contributed by atoms with Gasteiger partial charge in [-0.15, -0.1) is 4.33 Å². The number of hydrogen-bond donors (Lipinski definition) is 7. The number of carbonyl (C=O) groups is 5. The van der Waals surface area contributed by atoms with Gasteiger partial charge in [0.1, 0.15) is 38.9 Å². The van der Waals surface area contributed by atoms with Gasteiger partial charge >= 0.3 is 5.97 Å². The number of aliphatic carboxylic acids is 1. The topological polar surface area (TPSA) is 419 Å². The number of ether oxygens (including phenoxy) is 5. The molecule has 2 aliphatic rings. The maximum absolute atomic E-state index is 13.4. The highest BCUT2D eigenvalue weighted by atomic mass is 32.2. The Morgan fingerprint density at radius 2 is 1.58 bits per heavy atom. The third-order valence-electron chi connectivity index (χ3n) is 9.71. The van der Waals surface area contributed by atoms with Crippen molar-refractivity contribution in [1.82, 2.24) is 16.0 Å². The van der Waals surface area contributed by atoms with Gasteiger partial charge in [-0.3, -0.25) is 19.8 Å². The van der Waals surface area contributed by atoms with E-state index in [0.717, 1.165) is 12.1 Å². The Kier molecular flexibility index (Phi) is 21.0. The molecule has 27 nitrogen and oxygen atoms in total. The van der Waals surface area contributed by atoms with Gasteiger partial charge in [0, 0.05) is 64.2 Å².